The van der Waals surface area contributed by atoms with E-state index in [2.05, 4.69) is 33.7 Å². The van der Waals surface area contributed by atoms with Gasteiger partial charge in [0.15, 0.2) is 11.6 Å². The normalized spacial score (nSPS) is 13.4. The third kappa shape index (κ3) is 8.31. The summed E-state index contributed by atoms with van der Waals surface area (Å²) in [5.74, 6) is 0.739. The second-order valence-electron chi connectivity index (χ2n) is 9.61. The van der Waals surface area contributed by atoms with E-state index in [1.807, 2.05) is 19.9 Å². The molecule has 2 aromatic heterocycles. The molecular formula is C32H43FN4O4. The molecule has 0 atom stereocenters. The maximum atomic E-state index is 12.9. The molecule has 1 N–H and O–H groups in total. The van der Waals surface area contributed by atoms with E-state index in [9.17, 15) is 14.0 Å². The number of benzene rings is 1. The number of methoxy groups -OCH3 is 1. The van der Waals surface area contributed by atoms with Crippen LogP contribution >= 0.6 is 0 Å². The molecule has 41 heavy (non-hydrogen) atoms. The lowest BCUT2D eigenvalue weighted by atomic mass is 10.0. The summed E-state index contributed by atoms with van der Waals surface area (Å²) in [5.41, 5.74) is 5.44. The van der Waals surface area contributed by atoms with Gasteiger partial charge in [-0.1, -0.05) is 32.0 Å². The Kier molecular flexibility index (Phi) is 12.2. The number of halogens is 1. The van der Waals surface area contributed by atoms with E-state index in [0.717, 1.165) is 61.7 Å². The van der Waals surface area contributed by atoms with Gasteiger partial charge in [-0.05, 0) is 74.9 Å². The molecule has 8 nitrogen and oxygen atoms in total. The van der Waals surface area contributed by atoms with E-state index < -0.39 is 0 Å². The molecule has 2 aliphatic rings. The number of esters is 1. The summed E-state index contributed by atoms with van der Waals surface area (Å²) >= 11 is 0. The molecular weight excluding hydrogens is 523 g/mol. The van der Waals surface area contributed by atoms with Crippen LogP contribution in [0.3, 0.4) is 0 Å². The van der Waals surface area contributed by atoms with Crippen molar-refractivity contribution in [2.45, 2.75) is 66.3 Å². The topological polar surface area (TPSA) is 85.7 Å². The molecule has 0 radical (unpaired) electrons. The van der Waals surface area contributed by atoms with E-state index in [-0.39, 0.29) is 29.9 Å². The number of carbonyl (C=O) groups excluding carboxylic acids is 2. The first-order chi connectivity index (χ1) is 19.9. The minimum Gasteiger partial charge on any atom is -0.494 e. The van der Waals surface area contributed by atoms with Crippen molar-refractivity contribution in [3.8, 4) is 5.75 Å². The quantitative estimate of drug-likeness (QED) is 0.357. The van der Waals surface area contributed by atoms with Crippen molar-refractivity contribution in [3.05, 3.63) is 76.5 Å². The van der Waals surface area contributed by atoms with E-state index in [0.29, 0.717) is 19.7 Å². The number of para-hydroxylation sites is 1. The predicted octanol–water partition coefficient (Wildman–Crippen LogP) is 5.60. The summed E-state index contributed by atoms with van der Waals surface area (Å²) in [7, 11) is 1.44. The van der Waals surface area contributed by atoms with Crippen molar-refractivity contribution in [1.82, 2.24) is 14.5 Å². The van der Waals surface area contributed by atoms with Crippen molar-refractivity contribution in [3.63, 3.8) is 0 Å². The van der Waals surface area contributed by atoms with Gasteiger partial charge in [-0.3, -0.25) is 9.59 Å². The highest BCUT2D eigenvalue weighted by Gasteiger charge is 2.27. The number of hydrogen-bond acceptors (Lipinski definition) is 6. The molecule has 4 heterocycles. The lowest BCUT2D eigenvalue weighted by Crippen LogP contribution is -2.41. The summed E-state index contributed by atoms with van der Waals surface area (Å²) in [6.07, 6.45) is 4.20. The first kappa shape index (κ1) is 31.6. The van der Waals surface area contributed by atoms with Crippen LogP contribution < -0.4 is 10.1 Å². The molecule has 0 spiro atoms. The largest absolute Gasteiger partial charge is 0.494 e. The summed E-state index contributed by atoms with van der Waals surface area (Å²) in [4.78, 5) is 31.1. The third-order valence-electron chi connectivity index (χ3n) is 7.12. The van der Waals surface area contributed by atoms with Crippen LogP contribution in [0.15, 0.2) is 42.5 Å². The van der Waals surface area contributed by atoms with Crippen LogP contribution in [0, 0.1) is 12.7 Å². The number of carbonyl (C=O) groups is 2. The Hall–Kier alpha value is -3.88. The van der Waals surface area contributed by atoms with Crippen LogP contribution in [0.5, 0.6) is 5.75 Å². The molecule has 9 heteroatoms. The lowest BCUT2D eigenvalue weighted by Gasteiger charge is -2.28. The Morgan fingerprint density at radius 3 is 2.61 bits per heavy atom. The van der Waals surface area contributed by atoms with Crippen LogP contribution in [-0.2, 0) is 35.3 Å². The summed E-state index contributed by atoms with van der Waals surface area (Å²) < 4.78 is 24.2. The van der Waals surface area contributed by atoms with Gasteiger partial charge in [-0.2, -0.15) is 0 Å². The fourth-order valence-electron chi connectivity index (χ4n) is 4.96. The Balaban J connectivity index is 0.000000355. The predicted molar refractivity (Wildman–Crippen MR) is 159 cm³/mol. The van der Waals surface area contributed by atoms with Gasteiger partial charge in [-0.25, -0.2) is 9.37 Å². The number of ether oxygens (including phenoxy) is 2. The van der Waals surface area contributed by atoms with Crippen LogP contribution in [0.4, 0.5) is 10.2 Å². The first-order valence-corrected chi connectivity index (χ1v) is 14.6. The highest BCUT2D eigenvalue weighted by molar-refractivity contribution is 5.94. The maximum absolute atomic E-state index is 12.9. The molecule has 5 rings (SSSR count). The minimum atomic E-state index is -0.319. The van der Waals surface area contributed by atoms with Gasteiger partial charge in [0.05, 0.1) is 20.1 Å². The molecule has 1 amide bonds. The maximum Gasteiger partial charge on any atom is 0.307 e. The second kappa shape index (κ2) is 15.8. The van der Waals surface area contributed by atoms with Gasteiger partial charge in [0.25, 0.3) is 5.91 Å². The number of pyridine rings is 1. The average Bonchev–Trinajstić information content (AvgIpc) is 3.33. The van der Waals surface area contributed by atoms with Crippen LogP contribution in [0.25, 0.3) is 0 Å². The molecule has 1 aromatic carbocycles. The fraction of sp³-hybridized carbons (Fsp3) is 0.469. The van der Waals surface area contributed by atoms with Crippen molar-refractivity contribution in [2.24, 2.45) is 0 Å². The van der Waals surface area contributed by atoms with Gasteiger partial charge in [0, 0.05) is 37.6 Å². The number of aromatic nitrogens is 2. The SMILES string of the molecule is CC.CCOC(=O)CCN1CCn2c(cc(CCc3ccc4c(n3)NCCC4)c2C)C1=O.COc1ccccc1F. The van der Waals surface area contributed by atoms with Gasteiger partial charge in [0.2, 0.25) is 0 Å². The third-order valence-corrected chi connectivity index (χ3v) is 7.12. The van der Waals surface area contributed by atoms with Gasteiger partial charge in [0.1, 0.15) is 11.5 Å². The Morgan fingerprint density at radius 1 is 1.12 bits per heavy atom. The Labute approximate surface area is 242 Å². The molecule has 0 unspecified atom stereocenters. The van der Waals surface area contributed by atoms with Crippen molar-refractivity contribution >= 4 is 17.7 Å². The molecule has 3 aromatic rings. The first-order valence-electron chi connectivity index (χ1n) is 14.6. The minimum absolute atomic E-state index is 0.00370. The number of nitrogens with one attached hydrogen (secondary N) is 1. The van der Waals surface area contributed by atoms with Crippen LogP contribution in [0.2, 0.25) is 0 Å². The Bertz CT molecular complexity index is 1310. The van der Waals surface area contributed by atoms with E-state index in [1.54, 1.807) is 30.0 Å². The lowest BCUT2D eigenvalue weighted by molar-refractivity contribution is -0.143. The van der Waals surface area contributed by atoms with Crippen molar-refractivity contribution in [1.29, 1.82) is 0 Å². The second-order valence-corrected chi connectivity index (χ2v) is 9.61. The standard InChI is InChI=1S/C23H30N4O3.C7H7FO.C2H6/c1-3-30-21(28)10-12-26-13-14-27-16(2)18(15-20(27)23(26)29)7-9-19-8-6-17-5-4-11-24-22(17)25-19;1-9-7-5-3-2-4-6(7)8;1-2/h6,8,15H,3-5,7,9-14H2,1-2H3,(H,24,25);2-5H,1H3;1-2H3. The van der Waals surface area contributed by atoms with Crippen molar-refractivity contribution < 1.29 is 23.5 Å². The summed E-state index contributed by atoms with van der Waals surface area (Å²) in [6.45, 7) is 11.0. The van der Waals surface area contributed by atoms with E-state index in [1.165, 1.54) is 24.3 Å². The number of nitrogens with zero attached hydrogens (tertiary/aromatic N) is 3. The number of anilines is 1. The zero-order valence-corrected chi connectivity index (χ0v) is 25.0. The van der Waals surface area contributed by atoms with Crippen LogP contribution in [0.1, 0.15) is 66.6 Å². The fourth-order valence-corrected chi connectivity index (χ4v) is 4.96. The summed E-state index contributed by atoms with van der Waals surface area (Å²) in [5, 5.41) is 3.39. The number of amides is 1. The number of aryl methyl sites for hydroxylation is 3. The number of hydrogen-bond donors (Lipinski definition) is 1. The van der Waals surface area contributed by atoms with Crippen molar-refractivity contribution in [2.75, 3.05) is 38.7 Å². The van der Waals surface area contributed by atoms with E-state index in [4.69, 9.17) is 9.72 Å². The van der Waals surface area contributed by atoms with Gasteiger partial charge >= 0.3 is 5.97 Å². The van der Waals surface area contributed by atoms with Gasteiger partial charge < -0.3 is 24.3 Å². The van der Waals surface area contributed by atoms with E-state index >= 15 is 0 Å². The zero-order chi connectivity index (χ0) is 29.8. The molecule has 0 saturated carbocycles. The zero-order valence-electron chi connectivity index (χ0n) is 25.0. The number of rotatable bonds is 8. The highest BCUT2D eigenvalue weighted by atomic mass is 19.1. The molecule has 2 aliphatic heterocycles. The van der Waals surface area contributed by atoms with Crippen LogP contribution in [-0.4, -0.2) is 59.7 Å². The molecule has 0 aliphatic carbocycles. The number of fused-ring (bicyclic) bond motifs is 2. The molecule has 0 bridgehead atoms. The van der Waals surface area contributed by atoms with Gasteiger partial charge in [-0.15, -0.1) is 0 Å². The molecule has 0 saturated heterocycles. The Morgan fingerprint density at radius 2 is 1.90 bits per heavy atom. The summed E-state index contributed by atoms with van der Waals surface area (Å²) in [6, 6.07) is 12.6. The average molecular weight is 567 g/mol. The molecule has 222 valence electrons. The highest BCUT2D eigenvalue weighted by Crippen LogP contribution is 2.24. The molecule has 0 fully saturated rings. The monoisotopic (exact) mass is 566 g/mol. The smallest absolute Gasteiger partial charge is 0.307 e.